The van der Waals surface area contributed by atoms with E-state index in [1.54, 1.807) is 4.90 Å². The van der Waals surface area contributed by atoms with Crippen molar-refractivity contribution < 1.29 is 14.0 Å². The summed E-state index contributed by atoms with van der Waals surface area (Å²) in [6, 6.07) is 5.60. The van der Waals surface area contributed by atoms with E-state index in [9.17, 15) is 14.0 Å². The van der Waals surface area contributed by atoms with Crippen LogP contribution in [0.2, 0.25) is 0 Å². The number of benzene rings is 1. The van der Waals surface area contributed by atoms with Gasteiger partial charge < -0.3 is 10.2 Å². The minimum Gasteiger partial charge on any atom is -0.356 e. The van der Waals surface area contributed by atoms with Gasteiger partial charge in [-0.25, -0.2) is 4.39 Å². The first-order valence-corrected chi connectivity index (χ1v) is 8.44. The molecule has 4 nitrogen and oxygen atoms in total. The molecule has 0 aromatic heterocycles. The van der Waals surface area contributed by atoms with E-state index in [0.29, 0.717) is 31.5 Å². The average molecular weight is 320 g/mol. The molecule has 126 valence electrons. The van der Waals surface area contributed by atoms with Crippen LogP contribution >= 0.6 is 0 Å². The number of amides is 2. The Morgan fingerprint density at radius 1 is 1.17 bits per heavy atom. The molecule has 1 aromatic rings. The number of nitrogens with one attached hydrogen (secondary N) is 1. The molecule has 5 heteroatoms. The predicted molar refractivity (Wildman–Crippen MR) is 87.6 cm³/mol. The van der Waals surface area contributed by atoms with Gasteiger partial charge in [-0.2, -0.15) is 0 Å². The molecule has 23 heavy (non-hydrogen) atoms. The molecule has 2 rings (SSSR count). The molecule has 1 aliphatic rings. The van der Waals surface area contributed by atoms with E-state index in [4.69, 9.17) is 0 Å². The van der Waals surface area contributed by atoms with Crippen LogP contribution in [0.25, 0.3) is 0 Å². The van der Waals surface area contributed by atoms with Crippen LogP contribution in [-0.2, 0) is 4.79 Å². The first-order valence-electron chi connectivity index (χ1n) is 8.44. The molecule has 1 heterocycles. The summed E-state index contributed by atoms with van der Waals surface area (Å²) in [7, 11) is 0. The second-order valence-electron chi connectivity index (χ2n) is 6.07. The van der Waals surface area contributed by atoms with E-state index in [1.165, 1.54) is 24.3 Å². The molecule has 2 amide bonds. The standard InChI is InChI=1S/C18H25FN2O2/c1-2-3-4-11-20-17(22)14-9-12-21(13-10-14)18(23)15-5-7-16(19)8-6-15/h5-8,14H,2-4,9-13H2,1H3,(H,20,22). The van der Waals surface area contributed by atoms with E-state index in [-0.39, 0.29) is 23.5 Å². The highest BCUT2D eigenvalue weighted by Crippen LogP contribution is 2.19. The Kier molecular flexibility index (Phi) is 6.56. The van der Waals surface area contributed by atoms with E-state index in [1.807, 2.05) is 0 Å². The van der Waals surface area contributed by atoms with Crippen molar-refractivity contribution in [1.82, 2.24) is 10.2 Å². The topological polar surface area (TPSA) is 49.4 Å². The Labute approximate surface area is 137 Å². The van der Waals surface area contributed by atoms with Crippen LogP contribution in [0, 0.1) is 11.7 Å². The maximum absolute atomic E-state index is 12.9. The number of hydrogen-bond donors (Lipinski definition) is 1. The Morgan fingerprint density at radius 3 is 2.43 bits per heavy atom. The fourth-order valence-corrected chi connectivity index (χ4v) is 2.85. The fourth-order valence-electron chi connectivity index (χ4n) is 2.85. The molecular formula is C18H25FN2O2. The molecule has 1 N–H and O–H groups in total. The van der Waals surface area contributed by atoms with Gasteiger partial charge in [-0.1, -0.05) is 19.8 Å². The molecule has 0 atom stereocenters. The van der Waals surface area contributed by atoms with Crippen LogP contribution in [0.5, 0.6) is 0 Å². The van der Waals surface area contributed by atoms with Crippen molar-refractivity contribution in [2.24, 2.45) is 5.92 Å². The Hall–Kier alpha value is -1.91. The normalized spacial score (nSPS) is 15.5. The number of piperidine rings is 1. The number of hydrogen-bond acceptors (Lipinski definition) is 2. The molecule has 1 saturated heterocycles. The van der Waals surface area contributed by atoms with Crippen molar-refractivity contribution in [2.75, 3.05) is 19.6 Å². The number of rotatable bonds is 6. The quantitative estimate of drug-likeness (QED) is 0.819. The Balaban J connectivity index is 1.78. The van der Waals surface area contributed by atoms with Crippen LogP contribution in [0.3, 0.4) is 0 Å². The van der Waals surface area contributed by atoms with Crippen molar-refractivity contribution in [2.45, 2.75) is 39.0 Å². The summed E-state index contributed by atoms with van der Waals surface area (Å²) in [5.74, 6) is -0.337. The van der Waals surface area contributed by atoms with Crippen molar-refractivity contribution in [3.63, 3.8) is 0 Å². The third kappa shape index (κ3) is 5.05. The van der Waals surface area contributed by atoms with Gasteiger partial charge in [0.05, 0.1) is 0 Å². The second-order valence-corrected chi connectivity index (χ2v) is 6.07. The number of unbranched alkanes of at least 4 members (excludes halogenated alkanes) is 2. The van der Waals surface area contributed by atoms with E-state index in [2.05, 4.69) is 12.2 Å². The third-order valence-corrected chi connectivity index (χ3v) is 4.32. The molecule has 0 saturated carbocycles. The summed E-state index contributed by atoms with van der Waals surface area (Å²) < 4.78 is 12.9. The van der Waals surface area contributed by atoms with Gasteiger partial charge >= 0.3 is 0 Å². The smallest absolute Gasteiger partial charge is 0.253 e. The van der Waals surface area contributed by atoms with E-state index < -0.39 is 0 Å². The summed E-state index contributed by atoms with van der Waals surface area (Å²) in [6.45, 7) is 4.02. The summed E-state index contributed by atoms with van der Waals surface area (Å²) in [4.78, 5) is 26.2. The third-order valence-electron chi connectivity index (χ3n) is 4.32. The lowest BCUT2D eigenvalue weighted by atomic mass is 9.95. The second kappa shape index (κ2) is 8.65. The zero-order valence-electron chi connectivity index (χ0n) is 13.7. The van der Waals surface area contributed by atoms with E-state index in [0.717, 1.165) is 25.8 Å². The molecular weight excluding hydrogens is 295 g/mol. The molecule has 0 spiro atoms. The zero-order chi connectivity index (χ0) is 16.7. The SMILES string of the molecule is CCCCCNC(=O)C1CCN(C(=O)c2ccc(F)cc2)CC1. The van der Waals surface area contributed by atoms with Crippen LogP contribution in [0.1, 0.15) is 49.4 Å². The molecule has 1 aliphatic heterocycles. The minimum absolute atomic E-state index is 0.00565. The minimum atomic E-state index is -0.347. The van der Waals surface area contributed by atoms with Crippen molar-refractivity contribution in [3.8, 4) is 0 Å². The van der Waals surface area contributed by atoms with Crippen LogP contribution in [0.4, 0.5) is 4.39 Å². The first kappa shape index (κ1) is 17.4. The molecule has 0 aliphatic carbocycles. The lowest BCUT2D eigenvalue weighted by Gasteiger charge is -2.31. The van der Waals surface area contributed by atoms with Gasteiger partial charge in [-0.15, -0.1) is 0 Å². The number of carbonyl (C=O) groups excluding carboxylic acids is 2. The van der Waals surface area contributed by atoms with E-state index >= 15 is 0 Å². The number of likely N-dealkylation sites (tertiary alicyclic amines) is 1. The van der Waals surface area contributed by atoms with Gasteiger partial charge in [-0.3, -0.25) is 9.59 Å². The van der Waals surface area contributed by atoms with Crippen molar-refractivity contribution >= 4 is 11.8 Å². The Morgan fingerprint density at radius 2 is 1.83 bits per heavy atom. The van der Waals surface area contributed by atoms with Crippen LogP contribution in [0.15, 0.2) is 24.3 Å². The van der Waals surface area contributed by atoms with Crippen LogP contribution in [-0.4, -0.2) is 36.3 Å². The zero-order valence-corrected chi connectivity index (χ0v) is 13.7. The monoisotopic (exact) mass is 320 g/mol. The predicted octanol–water partition coefficient (Wildman–Crippen LogP) is 2.98. The highest BCUT2D eigenvalue weighted by Gasteiger charge is 2.27. The van der Waals surface area contributed by atoms with Gasteiger partial charge in [0, 0.05) is 31.1 Å². The van der Waals surface area contributed by atoms with Crippen molar-refractivity contribution in [1.29, 1.82) is 0 Å². The van der Waals surface area contributed by atoms with Crippen molar-refractivity contribution in [3.05, 3.63) is 35.6 Å². The highest BCUT2D eigenvalue weighted by molar-refractivity contribution is 5.94. The number of carbonyl (C=O) groups is 2. The summed E-state index contributed by atoms with van der Waals surface area (Å²) in [6.07, 6.45) is 4.66. The number of halogens is 1. The fraction of sp³-hybridized carbons (Fsp3) is 0.556. The van der Waals surface area contributed by atoms with Crippen LogP contribution < -0.4 is 5.32 Å². The number of nitrogens with zero attached hydrogens (tertiary/aromatic N) is 1. The molecule has 0 radical (unpaired) electrons. The van der Waals surface area contributed by atoms with Gasteiger partial charge in [0.2, 0.25) is 5.91 Å². The first-order chi connectivity index (χ1) is 11.1. The highest BCUT2D eigenvalue weighted by atomic mass is 19.1. The lowest BCUT2D eigenvalue weighted by Crippen LogP contribution is -2.43. The maximum atomic E-state index is 12.9. The summed E-state index contributed by atoms with van der Waals surface area (Å²) in [5, 5.41) is 2.99. The van der Waals surface area contributed by atoms with Gasteiger partial charge in [0.1, 0.15) is 5.82 Å². The Bertz CT molecular complexity index is 522. The molecule has 0 unspecified atom stereocenters. The van der Waals surface area contributed by atoms with Gasteiger partial charge in [0.25, 0.3) is 5.91 Å². The van der Waals surface area contributed by atoms with Gasteiger partial charge in [0.15, 0.2) is 0 Å². The summed E-state index contributed by atoms with van der Waals surface area (Å²) >= 11 is 0. The maximum Gasteiger partial charge on any atom is 0.253 e. The van der Waals surface area contributed by atoms with Gasteiger partial charge in [-0.05, 0) is 43.5 Å². The largest absolute Gasteiger partial charge is 0.356 e. The molecule has 1 fully saturated rings. The molecule has 1 aromatic carbocycles. The average Bonchev–Trinajstić information content (AvgIpc) is 2.59. The lowest BCUT2D eigenvalue weighted by molar-refractivity contribution is -0.126. The summed E-state index contributed by atoms with van der Waals surface area (Å²) in [5.41, 5.74) is 0.494. The molecule has 0 bridgehead atoms.